The average molecular weight is 620 g/mol. The van der Waals surface area contributed by atoms with Gasteiger partial charge in [-0.05, 0) is 94.0 Å². The fourth-order valence-corrected chi connectivity index (χ4v) is 8.08. The minimum Gasteiger partial charge on any atom is -0.469 e. The number of aromatic amines is 1. The average Bonchev–Trinajstić information content (AvgIpc) is 3.21. The van der Waals surface area contributed by atoms with Crippen LogP contribution >= 0.6 is 35.0 Å². The SMILES string of the molecule is COC(=O)C1CCCN(c2c(C)cc(C)cc2Cl)C1SC.Cc1cc(C)c(N2CCCc3c2[nH]n(C)c3=O)c(Cl)c1. The lowest BCUT2D eigenvalue weighted by molar-refractivity contribution is -0.146. The highest BCUT2D eigenvalue weighted by Crippen LogP contribution is 2.40. The first-order valence-corrected chi connectivity index (χ1v) is 16.0. The van der Waals surface area contributed by atoms with Crippen molar-refractivity contribution in [2.75, 3.05) is 36.3 Å². The molecule has 10 heteroatoms. The molecular weight excluding hydrogens is 579 g/mol. The van der Waals surface area contributed by atoms with Crippen molar-refractivity contribution in [3.8, 4) is 0 Å². The minimum atomic E-state index is -0.125. The van der Waals surface area contributed by atoms with E-state index in [9.17, 15) is 9.59 Å². The second-order valence-corrected chi connectivity index (χ2v) is 12.7. The number of methoxy groups -OCH3 is 1. The van der Waals surface area contributed by atoms with Crippen LogP contribution in [0.3, 0.4) is 0 Å². The van der Waals surface area contributed by atoms with Crippen molar-refractivity contribution >= 4 is 58.1 Å². The number of anilines is 3. The number of carbonyl (C=O) groups is 1. The van der Waals surface area contributed by atoms with Crippen molar-refractivity contribution < 1.29 is 9.53 Å². The fourth-order valence-electron chi connectivity index (χ4n) is 6.19. The highest BCUT2D eigenvalue weighted by atomic mass is 35.5. The first-order valence-electron chi connectivity index (χ1n) is 13.9. The van der Waals surface area contributed by atoms with Crippen LogP contribution in [0.4, 0.5) is 17.2 Å². The molecule has 3 aromatic rings. The van der Waals surface area contributed by atoms with Gasteiger partial charge in [0.05, 0.1) is 45.4 Å². The monoisotopic (exact) mass is 618 g/mol. The summed E-state index contributed by atoms with van der Waals surface area (Å²) in [5.74, 6) is 0.660. The molecule has 2 aliphatic heterocycles. The molecule has 0 bridgehead atoms. The number of nitrogens with one attached hydrogen (secondary N) is 1. The van der Waals surface area contributed by atoms with Gasteiger partial charge in [0, 0.05) is 20.1 Å². The maximum absolute atomic E-state index is 12.1. The lowest BCUT2D eigenvalue weighted by Crippen LogP contribution is -2.47. The van der Waals surface area contributed by atoms with E-state index < -0.39 is 0 Å². The molecule has 2 aliphatic rings. The number of halogens is 2. The Balaban J connectivity index is 0.000000189. The van der Waals surface area contributed by atoms with Crippen LogP contribution in [-0.4, -0.2) is 47.6 Å². The number of piperidine rings is 1. The molecule has 1 N–H and O–H groups in total. The Hall–Kier alpha value is -2.55. The van der Waals surface area contributed by atoms with Gasteiger partial charge in [-0.1, -0.05) is 35.3 Å². The van der Waals surface area contributed by atoms with Gasteiger partial charge in [0.15, 0.2) is 0 Å². The van der Waals surface area contributed by atoms with Crippen molar-refractivity contribution in [3.63, 3.8) is 0 Å². The molecule has 7 nitrogen and oxygen atoms in total. The van der Waals surface area contributed by atoms with Gasteiger partial charge in [-0.25, -0.2) is 0 Å². The lowest BCUT2D eigenvalue weighted by Gasteiger charge is -2.41. The van der Waals surface area contributed by atoms with Gasteiger partial charge in [0.25, 0.3) is 5.56 Å². The number of fused-ring (bicyclic) bond motifs is 1. The molecule has 41 heavy (non-hydrogen) atoms. The van der Waals surface area contributed by atoms with Crippen molar-refractivity contribution in [2.45, 2.75) is 58.8 Å². The van der Waals surface area contributed by atoms with Gasteiger partial charge in [-0.3, -0.25) is 19.4 Å². The van der Waals surface area contributed by atoms with Crippen molar-refractivity contribution in [2.24, 2.45) is 13.0 Å². The number of benzene rings is 2. The number of hydrogen-bond acceptors (Lipinski definition) is 6. The molecule has 1 fully saturated rings. The van der Waals surface area contributed by atoms with Crippen LogP contribution in [-0.2, 0) is 23.0 Å². The topological polar surface area (TPSA) is 70.6 Å². The molecule has 1 saturated heterocycles. The molecule has 0 radical (unpaired) electrons. The smallest absolute Gasteiger partial charge is 0.311 e. The van der Waals surface area contributed by atoms with Crippen LogP contribution in [0.1, 0.15) is 47.1 Å². The summed E-state index contributed by atoms with van der Waals surface area (Å²) >= 11 is 14.6. The predicted octanol–water partition coefficient (Wildman–Crippen LogP) is 7.10. The molecule has 222 valence electrons. The van der Waals surface area contributed by atoms with Gasteiger partial charge >= 0.3 is 5.97 Å². The van der Waals surface area contributed by atoms with Gasteiger partial charge in [-0.2, -0.15) is 0 Å². The maximum atomic E-state index is 12.1. The summed E-state index contributed by atoms with van der Waals surface area (Å²) in [5, 5.41) is 4.73. The normalized spacial score (nSPS) is 18.5. The van der Waals surface area contributed by atoms with Crippen LogP contribution in [0.5, 0.6) is 0 Å². The minimum absolute atomic E-state index is 0.0607. The van der Waals surface area contributed by atoms with E-state index in [-0.39, 0.29) is 22.8 Å². The van der Waals surface area contributed by atoms with E-state index >= 15 is 0 Å². The Morgan fingerprint density at radius 2 is 1.59 bits per heavy atom. The number of H-pyrrole nitrogens is 1. The summed E-state index contributed by atoms with van der Waals surface area (Å²) in [4.78, 5) is 28.5. The Kier molecular flexibility index (Phi) is 10.1. The van der Waals surface area contributed by atoms with Gasteiger partial charge in [0.1, 0.15) is 5.82 Å². The fraction of sp³-hybridized carbons (Fsp3) is 0.484. The third-order valence-corrected chi connectivity index (χ3v) is 9.51. The van der Waals surface area contributed by atoms with Gasteiger partial charge < -0.3 is 14.5 Å². The number of thioether (sulfide) groups is 1. The van der Waals surface area contributed by atoms with Crippen LogP contribution in [0.2, 0.25) is 10.0 Å². The predicted molar refractivity (Wildman–Crippen MR) is 173 cm³/mol. The number of esters is 1. The molecule has 5 rings (SSSR count). The van der Waals surface area contributed by atoms with E-state index in [2.05, 4.69) is 40.9 Å². The van der Waals surface area contributed by atoms with Crippen LogP contribution in [0.25, 0.3) is 0 Å². The zero-order valence-corrected chi connectivity index (χ0v) is 27.3. The summed E-state index contributed by atoms with van der Waals surface area (Å²) in [5.41, 5.74) is 7.56. The highest BCUT2D eigenvalue weighted by Gasteiger charge is 2.37. The number of ether oxygens (including phenoxy) is 1. The third kappa shape index (κ3) is 6.45. The summed E-state index contributed by atoms with van der Waals surface area (Å²) < 4.78 is 6.52. The summed E-state index contributed by atoms with van der Waals surface area (Å²) in [6, 6.07) is 8.22. The van der Waals surface area contributed by atoms with Gasteiger partial charge in [0.2, 0.25) is 0 Å². The van der Waals surface area contributed by atoms with E-state index in [1.54, 1.807) is 23.5 Å². The van der Waals surface area contributed by atoms with E-state index in [4.69, 9.17) is 27.9 Å². The molecule has 1 aromatic heterocycles. The quantitative estimate of drug-likeness (QED) is 0.314. The molecule has 2 unspecified atom stereocenters. The van der Waals surface area contributed by atoms with Crippen molar-refractivity contribution in [1.82, 2.24) is 9.78 Å². The molecule has 2 atom stereocenters. The Bertz CT molecular complexity index is 1440. The Morgan fingerprint density at radius 3 is 2.15 bits per heavy atom. The Labute approximate surface area is 257 Å². The number of carbonyl (C=O) groups excluding carboxylic acids is 1. The Morgan fingerprint density at radius 1 is 0.976 bits per heavy atom. The third-order valence-electron chi connectivity index (χ3n) is 7.87. The van der Waals surface area contributed by atoms with E-state index in [0.717, 1.165) is 93.8 Å². The number of aromatic nitrogens is 2. The first-order chi connectivity index (χ1) is 19.5. The van der Waals surface area contributed by atoms with Crippen molar-refractivity contribution in [3.05, 3.63) is 72.5 Å². The number of hydrogen-bond donors (Lipinski definition) is 1. The van der Waals surface area contributed by atoms with Crippen LogP contribution < -0.4 is 15.4 Å². The number of aryl methyl sites for hydroxylation is 5. The summed E-state index contributed by atoms with van der Waals surface area (Å²) in [6.07, 6.45) is 5.67. The molecule has 0 spiro atoms. The standard InChI is InChI=1S/C16H22ClNO2S.C15H18ClN3O/c1-10-8-11(2)14(13(17)9-10)18-7-5-6-12(15(18)21-4)16(19)20-3;1-9-7-10(2)13(12(16)8-9)19-6-4-5-11-14(19)17-18(3)15(11)20/h8-9,12,15H,5-7H2,1-4H3;7-8,17H,4-6H2,1-3H3. The summed E-state index contributed by atoms with van der Waals surface area (Å²) in [6.45, 7) is 10.0. The molecular formula is C31H40Cl2N4O3S. The van der Waals surface area contributed by atoms with Crippen LogP contribution in [0.15, 0.2) is 29.1 Å². The number of nitrogens with zero attached hydrogens (tertiary/aromatic N) is 3. The zero-order chi connectivity index (χ0) is 30.0. The molecule has 0 saturated carbocycles. The second-order valence-electron chi connectivity index (χ2n) is 11.0. The molecule has 2 aromatic carbocycles. The summed E-state index contributed by atoms with van der Waals surface area (Å²) in [7, 11) is 3.21. The first kappa shape index (κ1) is 31.4. The molecule has 3 heterocycles. The van der Waals surface area contributed by atoms with E-state index in [1.807, 2.05) is 32.2 Å². The van der Waals surface area contributed by atoms with Crippen molar-refractivity contribution in [1.29, 1.82) is 0 Å². The van der Waals surface area contributed by atoms with E-state index in [0.29, 0.717) is 0 Å². The van der Waals surface area contributed by atoms with E-state index in [1.165, 1.54) is 7.11 Å². The molecule has 0 aliphatic carbocycles. The largest absolute Gasteiger partial charge is 0.469 e. The molecule has 0 amide bonds. The zero-order valence-electron chi connectivity index (χ0n) is 24.9. The van der Waals surface area contributed by atoms with Crippen LogP contribution in [0, 0.1) is 33.6 Å². The maximum Gasteiger partial charge on any atom is 0.311 e. The van der Waals surface area contributed by atoms with Gasteiger partial charge in [-0.15, -0.1) is 11.8 Å². The second kappa shape index (κ2) is 13.2. The number of rotatable bonds is 4. The highest BCUT2D eigenvalue weighted by molar-refractivity contribution is 7.99. The lowest BCUT2D eigenvalue weighted by atomic mass is 9.96.